The lowest BCUT2D eigenvalue weighted by Crippen LogP contribution is -2.53. The summed E-state index contributed by atoms with van der Waals surface area (Å²) in [5.41, 5.74) is 3.56. The average molecular weight is 334 g/mol. The molecular weight excluding hydrogens is 312 g/mol. The van der Waals surface area contributed by atoms with E-state index >= 15 is 0 Å². The van der Waals surface area contributed by atoms with Crippen LogP contribution in [0.25, 0.3) is 0 Å². The Morgan fingerprint density at radius 2 is 2.12 bits per heavy atom. The minimum Gasteiger partial charge on any atom is -0.497 e. The number of nitrogens with one attached hydrogen (secondary N) is 2. The SMILES string of the molecule is COc1cccc(N2CC(NC(=O)NN3CCOCC3)CC2=O)c1. The van der Waals surface area contributed by atoms with Gasteiger partial charge in [-0.15, -0.1) is 0 Å². The molecule has 2 saturated heterocycles. The van der Waals surface area contributed by atoms with Crippen molar-refractivity contribution < 1.29 is 19.1 Å². The van der Waals surface area contributed by atoms with Crippen molar-refractivity contribution in [2.75, 3.05) is 44.9 Å². The molecule has 0 aromatic heterocycles. The normalized spacial score (nSPS) is 21.6. The van der Waals surface area contributed by atoms with Crippen LogP contribution in [-0.2, 0) is 9.53 Å². The van der Waals surface area contributed by atoms with Crippen molar-refractivity contribution in [2.24, 2.45) is 0 Å². The van der Waals surface area contributed by atoms with Gasteiger partial charge in [0.2, 0.25) is 5.91 Å². The number of anilines is 1. The number of urea groups is 1. The predicted molar refractivity (Wildman–Crippen MR) is 87.8 cm³/mol. The van der Waals surface area contributed by atoms with Gasteiger partial charge in [-0.2, -0.15) is 0 Å². The highest BCUT2D eigenvalue weighted by atomic mass is 16.5. The topological polar surface area (TPSA) is 83.1 Å². The lowest BCUT2D eigenvalue weighted by Gasteiger charge is -2.27. The van der Waals surface area contributed by atoms with Gasteiger partial charge in [-0.05, 0) is 12.1 Å². The maximum Gasteiger partial charge on any atom is 0.329 e. The second-order valence-electron chi connectivity index (χ2n) is 5.79. The summed E-state index contributed by atoms with van der Waals surface area (Å²) in [4.78, 5) is 26.0. The monoisotopic (exact) mass is 334 g/mol. The third-order valence-corrected chi connectivity index (χ3v) is 4.10. The number of rotatable bonds is 4. The van der Waals surface area contributed by atoms with Gasteiger partial charge in [-0.25, -0.2) is 9.80 Å². The highest BCUT2D eigenvalue weighted by Gasteiger charge is 2.32. The van der Waals surface area contributed by atoms with Crippen LogP contribution in [0.4, 0.5) is 10.5 Å². The van der Waals surface area contributed by atoms with Crippen molar-refractivity contribution in [3.05, 3.63) is 24.3 Å². The van der Waals surface area contributed by atoms with Crippen LogP contribution in [0, 0.1) is 0 Å². The summed E-state index contributed by atoms with van der Waals surface area (Å²) in [5.74, 6) is 0.682. The summed E-state index contributed by atoms with van der Waals surface area (Å²) in [5, 5.41) is 4.67. The zero-order chi connectivity index (χ0) is 16.9. The van der Waals surface area contributed by atoms with Crippen LogP contribution in [0.15, 0.2) is 24.3 Å². The first kappa shape index (κ1) is 16.5. The number of hydrazine groups is 1. The molecule has 0 aliphatic carbocycles. The summed E-state index contributed by atoms with van der Waals surface area (Å²) in [7, 11) is 1.59. The zero-order valence-electron chi connectivity index (χ0n) is 13.7. The standard InChI is InChI=1S/C16H22N4O4/c1-23-14-4-2-3-13(10-14)20-11-12(9-15(20)21)17-16(22)18-19-5-7-24-8-6-19/h2-4,10,12H,5-9,11H2,1H3,(H2,17,18,22). The fourth-order valence-corrected chi connectivity index (χ4v) is 2.87. The number of methoxy groups -OCH3 is 1. The highest BCUT2D eigenvalue weighted by Crippen LogP contribution is 2.25. The van der Waals surface area contributed by atoms with Crippen LogP contribution >= 0.6 is 0 Å². The van der Waals surface area contributed by atoms with E-state index in [9.17, 15) is 9.59 Å². The summed E-state index contributed by atoms with van der Waals surface area (Å²) in [6, 6.07) is 6.83. The molecule has 3 rings (SSSR count). The molecule has 2 fully saturated rings. The second kappa shape index (κ2) is 7.50. The zero-order valence-corrected chi connectivity index (χ0v) is 13.7. The van der Waals surface area contributed by atoms with Gasteiger partial charge in [0.1, 0.15) is 5.75 Å². The first-order chi connectivity index (χ1) is 11.7. The van der Waals surface area contributed by atoms with Gasteiger partial charge in [-0.1, -0.05) is 6.07 Å². The van der Waals surface area contributed by atoms with E-state index in [0.29, 0.717) is 38.6 Å². The van der Waals surface area contributed by atoms with E-state index in [1.54, 1.807) is 12.0 Å². The predicted octanol–water partition coefficient (Wildman–Crippen LogP) is 0.347. The van der Waals surface area contributed by atoms with Crippen molar-refractivity contribution in [2.45, 2.75) is 12.5 Å². The highest BCUT2D eigenvalue weighted by molar-refractivity contribution is 5.97. The Morgan fingerprint density at radius 1 is 1.33 bits per heavy atom. The third-order valence-electron chi connectivity index (χ3n) is 4.10. The van der Waals surface area contributed by atoms with E-state index in [-0.39, 0.29) is 24.4 Å². The number of carbonyl (C=O) groups excluding carboxylic acids is 2. The molecule has 8 heteroatoms. The lowest BCUT2D eigenvalue weighted by atomic mass is 10.2. The van der Waals surface area contributed by atoms with E-state index in [0.717, 1.165) is 5.69 Å². The summed E-state index contributed by atoms with van der Waals surface area (Å²) < 4.78 is 10.4. The Bertz CT molecular complexity index is 603. The lowest BCUT2D eigenvalue weighted by molar-refractivity contribution is -0.117. The molecule has 0 saturated carbocycles. The van der Waals surface area contributed by atoms with E-state index in [2.05, 4.69) is 10.7 Å². The average Bonchev–Trinajstić information content (AvgIpc) is 2.96. The minimum atomic E-state index is -0.290. The van der Waals surface area contributed by atoms with Crippen molar-refractivity contribution in [3.8, 4) is 5.75 Å². The van der Waals surface area contributed by atoms with Crippen LogP contribution in [-0.4, -0.2) is 62.9 Å². The van der Waals surface area contributed by atoms with Crippen LogP contribution in [0.5, 0.6) is 5.75 Å². The first-order valence-electron chi connectivity index (χ1n) is 8.00. The van der Waals surface area contributed by atoms with Crippen LogP contribution in [0.2, 0.25) is 0 Å². The molecule has 0 bridgehead atoms. The Hall–Kier alpha value is -2.32. The molecule has 1 unspecified atom stereocenters. The number of morpholine rings is 1. The van der Waals surface area contributed by atoms with Crippen LogP contribution in [0.3, 0.4) is 0 Å². The summed E-state index contributed by atoms with van der Waals surface area (Å²) in [6.07, 6.45) is 0.285. The smallest absolute Gasteiger partial charge is 0.329 e. The first-order valence-corrected chi connectivity index (χ1v) is 8.00. The molecular formula is C16H22N4O4. The Kier molecular flexibility index (Phi) is 5.17. The Balaban J connectivity index is 1.55. The van der Waals surface area contributed by atoms with Gasteiger partial charge in [0.25, 0.3) is 0 Å². The van der Waals surface area contributed by atoms with Crippen molar-refractivity contribution in [3.63, 3.8) is 0 Å². The van der Waals surface area contributed by atoms with Gasteiger partial charge in [0, 0.05) is 37.8 Å². The molecule has 1 aromatic carbocycles. The van der Waals surface area contributed by atoms with Crippen LogP contribution in [0.1, 0.15) is 6.42 Å². The van der Waals surface area contributed by atoms with E-state index in [1.165, 1.54) is 0 Å². The molecule has 130 valence electrons. The van der Waals surface area contributed by atoms with Crippen molar-refractivity contribution >= 4 is 17.6 Å². The molecule has 2 aliphatic heterocycles. The third kappa shape index (κ3) is 3.95. The van der Waals surface area contributed by atoms with E-state index in [1.807, 2.05) is 29.3 Å². The maximum atomic E-state index is 12.2. The minimum absolute atomic E-state index is 0.0140. The molecule has 3 amide bonds. The molecule has 0 spiro atoms. The number of carbonyl (C=O) groups is 2. The van der Waals surface area contributed by atoms with Gasteiger partial charge in [0.15, 0.2) is 0 Å². The quantitative estimate of drug-likeness (QED) is 0.830. The number of nitrogens with zero attached hydrogens (tertiary/aromatic N) is 2. The van der Waals surface area contributed by atoms with Gasteiger partial charge < -0.3 is 19.7 Å². The molecule has 1 atom stereocenters. The number of hydrogen-bond acceptors (Lipinski definition) is 5. The molecule has 2 aliphatic rings. The number of hydrogen-bond donors (Lipinski definition) is 2. The summed E-state index contributed by atoms with van der Waals surface area (Å²) in [6.45, 7) is 2.97. The molecule has 24 heavy (non-hydrogen) atoms. The molecule has 0 radical (unpaired) electrons. The fraction of sp³-hybridized carbons (Fsp3) is 0.500. The Morgan fingerprint density at radius 3 is 2.88 bits per heavy atom. The van der Waals surface area contributed by atoms with E-state index in [4.69, 9.17) is 9.47 Å². The number of benzene rings is 1. The molecule has 8 nitrogen and oxygen atoms in total. The second-order valence-corrected chi connectivity index (χ2v) is 5.79. The molecule has 1 aromatic rings. The molecule has 2 N–H and O–H groups in total. The largest absolute Gasteiger partial charge is 0.497 e. The Labute approximate surface area is 140 Å². The van der Waals surface area contributed by atoms with Gasteiger partial charge >= 0.3 is 6.03 Å². The van der Waals surface area contributed by atoms with Gasteiger partial charge in [0.05, 0.1) is 26.4 Å². The van der Waals surface area contributed by atoms with Gasteiger partial charge in [-0.3, -0.25) is 10.2 Å². The van der Waals surface area contributed by atoms with Crippen molar-refractivity contribution in [1.29, 1.82) is 0 Å². The fourth-order valence-electron chi connectivity index (χ4n) is 2.87. The number of amides is 3. The van der Waals surface area contributed by atoms with Crippen molar-refractivity contribution in [1.82, 2.24) is 15.8 Å². The number of ether oxygens (including phenoxy) is 2. The van der Waals surface area contributed by atoms with E-state index < -0.39 is 0 Å². The molecule has 2 heterocycles. The summed E-state index contributed by atoms with van der Waals surface area (Å²) >= 11 is 0. The van der Waals surface area contributed by atoms with Crippen LogP contribution < -0.4 is 20.4 Å². The maximum absolute atomic E-state index is 12.2.